The number of hydrogen-bond acceptors (Lipinski definition) is 6. The summed E-state index contributed by atoms with van der Waals surface area (Å²) in [5.74, 6) is 0.459. The summed E-state index contributed by atoms with van der Waals surface area (Å²) in [4.78, 5) is 43.9. The minimum absolute atomic E-state index is 0.229. The largest absolute Gasteiger partial charge is 0.350 e. The Morgan fingerprint density at radius 1 is 1.09 bits per heavy atom. The van der Waals surface area contributed by atoms with Crippen LogP contribution in [0.25, 0.3) is 16.0 Å². The predicted molar refractivity (Wildman–Crippen MR) is 134 cm³/mol. The summed E-state index contributed by atoms with van der Waals surface area (Å²) in [5.41, 5.74) is 3.01. The fraction of sp³-hybridized carbons (Fsp3) is 0.250. The van der Waals surface area contributed by atoms with Gasteiger partial charge < -0.3 is 5.32 Å². The monoisotopic (exact) mass is 480 g/mol. The van der Waals surface area contributed by atoms with Crippen LogP contribution in [0, 0.1) is 13.8 Å². The average Bonchev–Trinajstić information content (AvgIpc) is 3.23. The number of benzene rings is 2. The summed E-state index contributed by atoms with van der Waals surface area (Å²) in [6.45, 7) is 6.18. The standard InChI is InChI=1S/C24H24N4O3S2/c1-4-32-23-26-21-20(33-23)22(30)28(18-8-6-5-7-9-18)24(31)27(21)14-19(29)25-13-17-11-10-15(2)16(3)12-17/h5-12H,4,13-14H2,1-3H3,(H,25,29). The first-order valence-corrected chi connectivity index (χ1v) is 12.4. The number of nitrogens with zero attached hydrogens (tertiary/aromatic N) is 3. The molecule has 0 fully saturated rings. The lowest BCUT2D eigenvalue weighted by molar-refractivity contribution is -0.121. The fourth-order valence-electron chi connectivity index (χ4n) is 3.46. The van der Waals surface area contributed by atoms with Crippen LogP contribution in [0.1, 0.15) is 23.6 Å². The number of carbonyl (C=O) groups is 1. The second-order valence-corrected chi connectivity index (χ2v) is 10.1. The third kappa shape index (κ3) is 4.79. The molecule has 0 saturated heterocycles. The lowest BCUT2D eigenvalue weighted by Crippen LogP contribution is -2.41. The number of thioether (sulfide) groups is 1. The van der Waals surface area contributed by atoms with Crippen molar-refractivity contribution in [3.8, 4) is 5.69 Å². The second-order valence-electron chi connectivity index (χ2n) is 7.61. The van der Waals surface area contributed by atoms with Gasteiger partial charge in [-0.1, -0.05) is 55.1 Å². The first kappa shape index (κ1) is 23.0. The molecule has 4 aromatic rings. The Hall–Kier alpha value is -3.17. The molecule has 1 amide bonds. The first-order valence-electron chi connectivity index (χ1n) is 10.6. The lowest BCUT2D eigenvalue weighted by Gasteiger charge is -2.12. The lowest BCUT2D eigenvalue weighted by atomic mass is 10.1. The van der Waals surface area contributed by atoms with E-state index in [0.29, 0.717) is 21.3 Å². The van der Waals surface area contributed by atoms with Crippen LogP contribution in [0.15, 0.2) is 62.5 Å². The summed E-state index contributed by atoms with van der Waals surface area (Å²) in [5, 5.41) is 2.88. The molecule has 7 nitrogen and oxygen atoms in total. The zero-order valence-electron chi connectivity index (χ0n) is 18.6. The summed E-state index contributed by atoms with van der Waals surface area (Å²) in [6.07, 6.45) is 0. The van der Waals surface area contributed by atoms with Gasteiger partial charge in [-0.2, -0.15) is 0 Å². The molecule has 170 valence electrons. The van der Waals surface area contributed by atoms with E-state index in [0.717, 1.165) is 21.4 Å². The van der Waals surface area contributed by atoms with Gasteiger partial charge in [-0.3, -0.25) is 14.2 Å². The van der Waals surface area contributed by atoms with Crippen LogP contribution < -0.4 is 16.6 Å². The van der Waals surface area contributed by atoms with Crippen molar-refractivity contribution in [2.24, 2.45) is 0 Å². The van der Waals surface area contributed by atoms with E-state index in [-0.39, 0.29) is 18.1 Å². The van der Waals surface area contributed by atoms with E-state index in [4.69, 9.17) is 0 Å². The number of nitrogens with one attached hydrogen (secondary N) is 1. The minimum Gasteiger partial charge on any atom is -0.350 e. The Morgan fingerprint density at radius 2 is 1.85 bits per heavy atom. The van der Waals surface area contributed by atoms with Crippen molar-refractivity contribution in [1.82, 2.24) is 19.4 Å². The average molecular weight is 481 g/mol. The number of thiazole rings is 1. The molecule has 9 heteroatoms. The third-order valence-electron chi connectivity index (χ3n) is 5.31. The van der Waals surface area contributed by atoms with E-state index in [9.17, 15) is 14.4 Å². The van der Waals surface area contributed by atoms with Gasteiger partial charge in [0.25, 0.3) is 5.56 Å². The van der Waals surface area contributed by atoms with Crippen LogP contribution in [0.2, 0.25) is 0 Å². The van der Waals surface area contributed by atoms with Gasteiger partial charge in [0.2, 0.25) is 5.91 Å². The van der Waals surface area contributed by atoms with E-state index >= 15 is 0 Å². The molecule has 0 atom stereocenters. The zero-order valence-corrected chi connectivity index (χ0v) is 20.3. The van der Waals surface area contributed by atoms with Gasteiger partial charge in [-0.05, 0) is 48.4 Å². The predicted octanol–water partition coefficient (Wildman–Crippen LogP) is 3.65. The Labute approximate surface area is 199 Å². The van der Waals surface area contributed by atoms with E-state index in [1.807, 2.05) is 45.0 Å². The summed E-state index contributed by atoms with van der Waals surface area (Å²) < 4.78 is 3.45. The molecular weight excluding hydrogens is 456 g/mol. The molecule has 0 radical (unpaired) electrons. The van der Waals surface area contributed by atoms with Crippen LogP contribution >= 0.6 is 23.1 Å². The number of carbonyl (C=O) groups excluding carboxylic acids is 1. The van der Waals surface area contributed by atoms with Crippen molar-refractivity contribution in [3.05, 3.63) is 86.1 Å². The highest BCUT2D eigenvalue weighted by Crippen LogP contribution is 2.27. The van der Waals surface area contributed by atoms with Crippen LogP contribution in [0.4, 0.5) is 0 Å². The number of hydrogen-bond donors (Lipinski definition) is 1. The molecule has 4 rings (SSSR count). The van der Waals surface area contributed by atoms with Gasteiger partial charge in [0.1, 0.15) is 11.2 Å². The SMILES string of the molecule is CCSc1nc2c(s1)c(=O)n(-c1ccccc1)c(=O)n2CC(=O)NCc1ccc(C)c(C)c1. The van der Waals surface area contributed by atoms with Crippen molar-refractivity contribution >= 4 is 39.4 Å². The quantitative estimate of drug-likeness (QED) is 0.408. The van der Waals surface area contributed by atoms with Gasteiger partial charge >= 0.3 is 5.69 Å². The molecule has 0 saturated carbocycles. The number of fused-ring (bicyclic) bond motifs is 1. The van der Waals surface area contributed by atoms with Gasteiger partial charge in [-0.25, -0.2) is 14.3 Å². The van der Waals surface area contributed by atoms with Crippen molar-refractivity contribution in [2.75, 3.05) is 5.75 Å². The Balaban J connectivity index is 1.72. The van der Waals surface area contributed by atoms with Crippen molar-refractivity contribution in [1.29, 1.82) is 0 Å². The van der Waals surface area contributed by atoms with Crippen molar-refractivity contribution < 1.29 is 4.79 Å². The van der Waals surface area contributed by atoms with E-state index in [1.165, 1.54) is 33.2 Å². The molecule has 0 spiro atoms. The smallest absolute Gasteiger partial charge is 0.337 e. The molecule has 33 heavy (non-hydrogen) atoms. The van der Waals surface area contributed by atoms with Crippen LogP contribution in [-0.4, -0.2) is 25.8 Å². The molecule has 0 bridgehead atoms. The topological polar surface area (TPSA) is 86.0 Å². The molecule has 0 aliphatic rings. The van der Waals surface area contributed by atoms with E-state index < -0.39 is 11.2 Å². The van der Waals surface area contributed by atoms with Gasteiger partial charge in [0, 0.05) is 6.54 Å². The number of aryl methyl sites for hydroxylation is 2. The highest BCUT2D eigenvalue weighted by Gasteiger charge is 2.20. The molecule has 1 N–H and O–H groups in total. The summed E-state index contributed by atoms with van der Waals surface area (Å²) >= 11 is 2.75. The highest BCUT2D eigenvalue weighted by molar-refractivity contribution is 8.01. The summed E-state index contributed by atoms with van der Waals surface area (Å²) in [7, 11) is 0. The third-order valence-corrected chi connectivity index (χ3v) is 7.37. The molecule has 0 unspecified atom stereocenters. The number of para-hydroxylation sites is 1. The van der Waals surface area contributed by atoms with Crippen LogP contribution in [0.5, 0.6) is 0 Å². The maximum Gasteiger partial charge on any atom is 0.337 e. The van der Waals surface area contributed by atoms with Gasteiger partial charge in [0.15, 0.2) is 9.99 Å². The normalized spacial score (nSPS) is 11.1. The first-order chi connectivity index (χ1) is 15.9. The summed E-state index contributed by atoms with van der Waals surface area (Å²) in [6, 6.07) is 14.7. The second kappa shape index (κ2) is 9.76. The van der Waals surface area contributed by atoms with Gasteiger partial charge in [-0.15, -0.1) is 11.3 Å². The van der Waals surface area contributed by atoms with Crippen molar-refractivity contribution in [3.63, 3.8) is 0 Å². The van der Waals surface area contributed by atoms with Crippen LogP contribution in [-0.2, 0) is 17.9 Å². The van der Waals surface area contributed by atoms with Crippen LogP contribution in [0.3, 0.4) is 0 Å². The fourth-order valence-corrected chi connectivity index (χ4v) is 5.43. The minimum atomic E-state index is -0.585. The molecule has 2 aromatic carbocycles. The number of amides is 1. The zero-order chi connectivity index (χ0) is 23.5. The van der Waals surface area contributed by atoms with Gasteiger partial charge in [0.05, 0.1) is 5.69 Å². The molecule has 2 aromatic heterocycles. The Kier molecular flexibility index (Phi) is 6.80. The molecule has 0 aliphatic carbocycles. The molecular formula is C24H24N4O3S2. The highest BCUT2D eigenvalue weighted by atomic mass is 32.2. The van der Waals surface area contributed by atoms with Crippen molar-refractivity contribution in [2.45, 2.75) is 38.2 Å². The van der Waals surface area contributed by atoms with E-state index in [1.54, 1.807) is 24.3 Å². The molecule has 0 aliphatic heterocycles. The van der Waals surface area contributed by atoms with E-state index in [2.05, 4.69) is 10.3 Å². The Bertz CT molecular complexity index is 1440. The maximum absolute atomic E-state index is 13.4. The number of rotatable bonds is 7. The maximum atomic E-state index is 13.4. The number of aromatic nitrogens is 3. The Morgan fingerprint density at radius 3 is 2.55 bits per heavy atom. The molecule has 2 heterocycles.